The number of benzene rings is 1. The first-order valence-corrected chi connectivity index (χ1v) is 7.55. The quantitative estimate of drug-likeness (QED) is 0.599. The maximum Gasteiger partial charge on any atom is 0.0186 e. The lowest BCUT2D eigenvalue weighted by Crippen LogP contribution is -2.19. The molecule has 90 valence electrons. The van der Waals surface area contributed by atoms with Crippen molar-refractivity contribution in [1.82, 2.24) is 5.32 Å². The van der Waals surface area contributed by atoms with Crippen LogP contribution < -0.4 is 5.32 Å². The van der Waals surface area contributed by atoms with Gasteiger partial charge in [-0.3, -0.25) is 0 Å². The van der Waals surface area contributed by atoms with Crippen LogP contribution in [0.4, 0.5) is 0 Å². The lowest BCUT2D eigenvalue weighted by atomic mass is 10.1. The fourth-order valence-electron chi connectivity index (χ4n) is 1.31. The Morgan fingerprint density at radius 3 is 2.81 bits per heavy atom. The van der Waals surface area contributed by atoms with E-state index in [0.29, 0.717) is 0 Å². The summed E-state index contributed by atoms with van der Waals surface area (Å²) in [5.41, 5.74) is 0. The van der Waals surface area contributed by atoms with Crippen molar-refractivity contribution < 1.29 is 0 Å². The molecule has 0 bridgehead atoms. The summed E-state index contributed by atoms with van der Waals surface area (Å²) in [5.74, 6) is 1.93. The molecule has 0 aliphatic heterocycles. The third-order valence-corrected chi connectivity index (χ3v) is 3.73. The minimum atomic E-state index is 0.797. The van der Waals surface area contributed by atoms with E-state index in [1.54, 1.807) is 0 Å². The van der Waals surface area contributed by atoms with E-state index in [1.807, 2.05) is 11.8 Å². The van der Waals surface area contributed by atoms with Gasteiger partial charge in [-0.15, -0.1) is 11.8 Å². The van der Waals surface area contributed by atoms with Crippen LogP contribution in [0.3, 0.4) is 0 Å². The van der Waals surface area contributed by atoms with Gasteiger partial charge < -0.3 is 5.32 Å². The van der Waals surface area contributed by atoms with Crippen molar-refractivity contribution in [3.05, 3.63) is 28.7 Å². The molecule has 1 N–H and O–H groups in total. The van der Waals surface area contributed by atoms with Crippen LogP contribution >= 0.6 is 27.7 Å². The first-order chi connectivity index (χ1) is 7.68. The van der Waals surface area contributed by atoms with Crippen LogP contribution in [0.5, 0.6) is 0 Å². The van der Waals surface area contributed by atoms with E-state index in [1.165, 1.54) is 11.3 Å². The van der Waals surface area contributed by atoms with E-state index >= 15 is 0 Å². The lowest BCUT2D eigenvalue weighted by molar-refractivity contribution is 0.547. The standard InChI is InChI=1S/C13H20BrNS/c1-11(2)6-7-15-8-9-16-13-5-3-4-12(14)10-13/h3-5,10-11,15H,6-9H2,1-2H3. The third-order valence-electron chi connectivity index (χ3n) is 2.24. The highest BCUT2D eigenvalue weighted by Gasteiger charge is 1.96. The molecule has 0 fully saturated rings. The van der Waals surface area contributed by atoms with E-state index in [4.69, 9.17) is 0 Å². The summed E-state index contributed by atoms with van der Waals surface area (Å²) >= 11 is 5.38. The van der Waals surface area contributed by atoms with Crippen LogP contribution in [0.2, 0.25) is 0 Å². The summed E-state index contributed by atoms with van der Waals surface area (Å²) in [6, 6.07) is 8.46. The third kappa shape index (κ3) is 6.56. The van der Waals surface area contributed by atoms with Crippen molar-refractivity contribution >= 4 is 27.7 Å². The molecule has 0 unspecified atom stereocenters. The van der Waals surface area contributed by atoms with E-state index in [2.05, 4.69) is 59.4 Å². The minimum Gasteiger partial charge on any atom is -0.316 e. The highest BCUT2D eigenvalue weighted by atomic mass is 79.9. The van der Waals surface area contributed by atoms with Crippen LogP contribution in [0.15, 0.2) is 33.6 Å². The molecule has 0 atom stereocenters. The van der Waals surface area contributed by atoms with E-state index < -0.39 is 0 Å². The second-order valence-corrected chi connectivity index (χ2v) is 6.32. The van der Waals surface area contributed by atoms with Gasteiger partial charge in [-0.25, -0.2) is 0 Å². The van der Waals surface area contributed by atoms with Crippen LogP contribution in [0.25, 0.3) is 0 Å². The van der Waals surface area contributed by atoms with Crippen molar-refractivity contribution in [3.63, 3.8) is 0 Å². The molecule has 0 radical (unpaired) electrons. The molecule has 0 amide bonds. The Hall–Kier alpha value is 0.01000. The van der Waals surface area contributed by atoms with Gasteiger partial charge in [0, 0.05) is 21.7 Å². The summed E-state index contributed by atoms with van der Waals surface area (Å²) in [6.07, 6.45) is 1.27. The van der Waals surface area contributed by atoms with Gasteiger partial charge in [0.25, 0.3) is 0 Å². The molecule has 0 aromatic heterocycles. The Bertz CT molecular complexity index is 302. The zero-order valence-corrected chi connectivity index (χ0v) is 12.4. The zero-order chi connectivity index (χ0) is 11.8. The highest BCUT2D eigenvalue weighted by molar-refractivity contribution is 9.10. The Morgan fingerprint density at radius 1 is 1.31 bits per heavy atom. The lowest BCUT2D eigenvalue weighted by Gasteiger charge is -2.06. The molecule has 0 saturated heterocycles. The second-order valence-electron chi connectivity index (χ2n) is 4.24. The van der Waals surface area contributed by atoms with E-state index in [9.17, 15) is 0 Å². The van der Waals surface area contributed by atoms with Crippen LogP contribution in [0.1, 0.15) is 20.3 Å². The van der Waals surface area contributed by atoms with Gasteiger partial charge in [0.05, 0.1) is 0 Å². The van der Waals surface area contributed by atoms with Crippen molar-refractivity contribution in [3.8, 4) is 0 Å². The zero-order valence-electron chi connectivity index (χ0n) is 10.0. The Labute approximate surface area is 112 Å². The predicted molar refractivity (Wildman–Crippen MR) is 77.2 cm³/mol. The van der Waals surface area contributed by atoms with Gasteiger partial charge in [-0.05, 0) is 37.1 Å². The Balaban J connectivity index is 2.07. The Morgan fingerprint density at radius 2 is 2.12 bits per heavy atom. The molecule has 1 nitrogen and oxygen atoms in total. The van der Waals surface area contributed by atoms with Crippen molar-refractivity contribution in [1.29, 1.82) is 0 Å². The smallest absolute Gasteiger partial charge is 0.0186 e. The minimum absolute atomic E-state index is 0.797. The predicted octanol–water partition coefficient (Wildman–Crippen LogP) is 4.18. The molecule has 0 saturated carbocycles. The normalized spacial score (nSPS) is 11.0. The fourth-order valence-corrected chi connectivity index (χ4v) is 2.73. The van der Waals surface area contributed by atoms with Gasteiger partial charge in [-0.1, -0.05) is 35.8 Å². The summed E-state index contributed by atoms with van der Waals surface area (Å²) in [7, 11) is 0. The summed E-state index contributed by atoms with van der Waals surface area (Å²) in [6.45, 7) is 6.75. The number of halogens is 1. The largest absolute Gasteiger partial charge is 0.316 e. The molecule has 3 heteroatoms. The van der Waals surface area contributed by atoms with Gasteiger partial charge >= 0.3 is 0 Å². The molecule has 1 aromatic rings. The van der Waals surface area contributed by atoms with Crippen LogP contribution in [0, 0.1) is 5.92 Å². The summed E-state index contributed by atoms with van der Waals surface area (Å²) in [5, 5.41) is 3.47. The maximum atomic E-state index is 3.48. The highest BCUT2D eigenvalue weighted by Crippen LogP contribution is 2.21. The van der Waals surface area contributed by atoms with Gasteiger partial charge in [0.2, 0.25) is 0 Å². The van der Waals surface area contributed by atoms with Crippen LogP contribution in [-0.4, -0.2) is 18.8 Å². The summed E-state index contributed by atoms with van der Waals surface area (Å²) < 4.78 is 1.16. The number of rotatable bonds is 7. The first-order valence-electron chi connectivity index (χ1n) is 5.77. The first kappa shape index (κ1) is 14.1. The molecule has 1 aromatic carbocycles. The van der Waals surface area contributed by atoms with E-state index in [-0.39, 0.29) is 0 Å². The topological polar surface area (TPSA) is 12.0 Å². The van der Waals surface area contributed by atoms with E-state index in [0.717, 1.165) is 29.2 Å². The van der Waals surface area contributed by atoms with Crippen molar-refractivity contribution in [2.24, 2.45) is 5.92 Å². The molecule has 0 aliphatic carbocycles. The Kier molecular flexibility index (Phi) is 7.17. The number of thioether (sulfide) groups is 1. The fraction of sp³-hybridized carbons (Fsp3) is 0.538. The number of hydrogen-bond acceptors (Lipinski definition) is 2. The second kappa shape index (κ2) is 8.15. The molecular weight excluding hydrogens is 282 g/mol. The average Bonchev–Trinajstić information content (AvgIpc) is 2.23. The van der Waals surface area contributed by atoms with Gasteiger partial charge in [0.15, 0.2) is 0 Å². The molecule has 0 aliphatic rings. The molecule has 16 heavy (non-hydrogen) atoms. The van der Waals surface area contributed by atoms with Crippen LogP contribution in [-0.2, 0) is 0 Å². The SMILES string of the molecule is CC(C)CCNCCSc1cccc(Br)c1. The maximum absolute atomic E-state index is 3.48. The number of hydrogen-bond donors (Lipinski definition) is 1. The van der Waals surface area contributed by atoms with Gasteiger partial charge in [-0.2, -0.15) is 0 Å². The monoisotopic (exact) mass is 301 g/mol. The molecular formula is C13H20BrNS. The molecule has 1 rings (SSSR count). The number of nitrogens with one attached hydrogen (secondary N) is 1. The van der Waals surface area contributed by atoms with Crippen molar-refractivity contribution in [2.75, 3.05) is 18.8 Å². The van der Waals surface area contributed by atoms with Gasteiger partial charge in [0.1, 0.15) is 0 Å². The molecule has 0 spiro atoms. The molecule has 0 heterocycles. The van der Waals surface area contributed by atoms with Crippen molar-refractivity contribution in [2.45, 2.75) is 25.2 Å². The summed E-state index contributed by atoms with van der Waals surface area (Å²) in [4.78, 5) is 1.33. The average molecular weight is 302 g/mol.